The molecule has 1 aromatic rings. The van der Waals surface area contributed by atoms with Crippen molar-refractivity contribution >= 4 is 5.91 Å². The summed E-state index contributed by atoms with van der Waals surface area (Å²) in [6.45, 7) is 4.14. The second-order valence-corrected chi connectivity index (χ2v) is 4.61. The number of carbonyl (C=O) groups excluding carboxylic acids is 1. The van der Waals surface area contributed by atoms with Gasteiger partial charge >= 0.3 is 0 Å². The molecule has 1 saturated heterocycles. The normalized spacial score (nSPS) is 25.8. The molecule has 2 atom stereocenters. The standard InChI is InChI=1S/C11H18N4O/c1-7(2)15-9(4-5-13-15)11-8(12)6-10(16)14(11)3/h4-5,7-8,11H,6,12H2,1-3H3/t8-,11-/m0/s1. The highest BCUT2D eigenvalue weighted by Gasteiger charge is 2.38. The van der Waals surface area contributed by atoms with Gasteiger partial charge in [-0.05, 0) is 19.9 Å². The zero-order chi connectivity index (χ0) is 11.9. The summed E-state index contributed by atoms with van der Waals surface area (Å²) in [6, 6.07) is 2.05. The zero-order valence-electron chi connectivity index (χ0n) is 9.92. The highest BCUT2D eigenvalue weighted by atomic mass is 16.2. The monoisotopic (exact) mass is 222 g/mol. The van der Waals surface area contributed by atoms with Crippen LogP contribution in [-0.2, 0) is 4.79 Å². The second-order valence-electron chi connectivity index (χ2n) is 4.61. The van der Waals surface area contributed by atoms with Crippen LogP contribution in [0.1, 0.15) is 38.0 Å². The van der Waals surface area contributed by atoms with Crippen LogP contribution in [0, 0.1) is 0 Å². The van der Waals surface area contributed by atoms with Crippen LogP contribution in [0.25, 0.3) is 0 Å². The molecule has 0 spiro atoms. The first-order chi connectivity index (χ1) is 7.52. The van der Waals surface area contributed by atoms with E-state index in [1.807, 2.05) is 10.7 Å². The number of hydrogen-bond donors (Lipinski definition) is 1. The molecule has 0 unspecified atom stereocenters. The van der Waals surface area contributed by atoms with E-state index in [2.05, 4.69) is 18.9 Å². The second kappa shape index (κ2) is 3.90. The van der Waals surface area contributed by atoms with Crippen LogP contribution in [0.3, 0.4) is 0 Å². The molecule has 0 aromatic carbocycles. The first-order valence-electron chi connectivity index (χ1n) is 5.57. The molecular formula is C11H18N4O. The van der Waals surface area contributed by atoms with E-state index >= 15 is 0 Å². The molecule has 5 nitrogen and oxygen atoms in total. The highest BCUT2D eigenvalue weighted by Crippen LogP contribution is 2.31. The lowest BCUT2D eigenvalue weighted by Gasteiger charge is -2.24. The third-order valence-electron chi connectivity index (χ3n) is 3.12. The number of aromatic nitrogens is 2. The van der Waals surface area contributed by atoms with E-state index in [0.717, 1.165) is 5.69 Å². The van der Waals surface area contributed by atoms with Crippen molar-refractivity contribution in [3.05, 3.63) is 18.0 Å². The average Bonchev–Trinajstić information content (AvgIpc) is 2.73. The number of hydrogen-bond acceptors (Lipinski definition) is 3. The summed E-state index contributed by atoms with van der Waals surface area (Å²) in [5.41, 5.74) is 7.04. The summed E-state index contributed by atoms with van der Waals surface area (Å²) in [5, 5.41) is 4.28. The lowest BCUT2D eigenvalue weighted by Crippen LogP contribution is -2.32. The third-order valence-corrected chi connectivity index (χ3v) is 3.12. The fraction of sp³-hybridized carbons (Fsp3) is 0.636. The summed E-state index contributed by atoms with van der Waals surface area (Å²) in [4.78, 5) is 13.3. The lowest BCUT2D eigenvalue weighted by atomic mass is 10.1. The molecule has 1 aliphatic heterocycles. The van der Waals surface area contributed by atoms with E-state index < -0.39 is 0 Å². The molecule has 5 heteroatoms. The Kier molecular flexibility index (Phi) is 2.71. The van der Waals surface area contributed by atoms with E-state index in [1.54, 1.807) is 18.1 Å². The summed E-state index contributed by atoms with van der Waals surface area (Å²) in [5.74, 6) is 0.106. The van der Waals surface area contributed by atoms with Gasteiger partial charge in [0.25, 0.3) is 0 Å². The molecule has 2 N–H and O–H groups in total. The van der Waals surface area contributed by atoms with Crippen LogP contribution in [0.4, 0.5) is 0 Å². The average molecular weight is 222 g/mol. The molecule has 1 aliphatic rings. The molecule has 1 fully saturated rings. The van der Waals surface area contributed by atoms with Crippen molar-refractivity contribution in [2.75, 3.05) is 7.05 Å². The predicted octanol–water partition coefficient (Wildman–Crippen LogP) is 0.695. The molecular weight excluding hydrogens is 204 g/mol. The van der Waals surface area contributed by atoms with E-state index in [9.17, 15) is 4.79 Å². The van der Waals surface area contributed by atoms with Crippen molar-refractivity contribution < 1.29 is 4.79 Å². The molecule has 88 valence electrons. The summed E-state index contributed by atoms with van der Waals surface area (Å²) >= 11 is 0. The van der Waals surface area contributed by atoms with Crippen LogP contribution in [0.5, 0.6) is 0 Å². The molecule has 2 rings (SSSR count). The van der Waals surface area contributed by atoms with Crippen molar-refractivity contribution in [1.29, 1.82) is 0 Å². The number of rotatable bonds is 2. The Labute approximate surface area is 95.2 Å². The van der Waals surface area contributed by atoms with Gasteiger partial charge in [0.1, 0.15) is 0 Å². The van der Waals surface area contributed by atoms with Gasteiger partial charge < -0.3 is 10.6 Å². The van der Waals surface area contributed by atoms with E-state index in [-0.39, 0.29) is 24.0 Å². The van der Waals surface area contributed by atoms with Crippen molar-refractivity contribution in [1.82, 2.24) is 14.7 Å². The maximum absolute atomic E-state index is 11.6. The Balaban J connectivity index is 2.36. The molecule has 0 aliphatic carbocycles. The molecule has 1 aromatic heterocycles. The zero-order valence-corrected chi connectivity index (χ0v) is 9.92. The first kappa shape index (κ1) is 11.1. The molecule has 16 heavy (non-hydrogen) atoms. The Morgan fingerprint density at radius 2 is 2.25 bits per heavy atom. The number of likely N-dealkylation sites (tertiary alicyclic amines) is 1. The molecule has 2 heterocycles. The minimum atomic E-state index is -0.133. The van der Waals surface area contributed by atoms with E-state index in [0.29, 0.717) is 6.42 Å². The quantitative estimate of drug-likeness (QED) is 0.801. The van der Waals surface area contributed by atoms with Gasteiger partial charge in [-0.15, -0.1) is 0 Å². The van der Waals surface area contributed by atoms with Crippen LogP contribution in [0.2, 0.25) is 0 Å². The smallest absolute Gasteiger partial charge is 0.224 e. The Bertz CT molecular complexity index is 398. The number of likely N-dealkylation sites (N-methyl/N-ethyl adjacent to an activating group) is 1. The SMILES string of the molecule is CC(C)n1nccc1[C@@H]1[C@@H](N)CC(=O)N1C. The Morgan fingerprint density at radius 3 is 2.75 bits per heavy atom. The summed E-state index contributed by atoms with van der Waals surface area (Å²) < 4.78 is 1.93. The van der Waals surface area contributed by atoms with Gasteiger partial charge in [0.05, 0.1) is 11.7 Å². The number of amides is 1. The minimum Gasteiger partial charge on any atom is -0.336 e. The van der Waals surface area contributed by atoms with E-state index in [1.165, 1.54) is 0 Å². The highest BCUT2D eigenvalue weighted by molar-refractivity contribution is 5.79. The molecule has 0 saturated carbocycles. The number of nitrogens with zero attached hydrogens (tertiary/aromatic N) is 3. The van der Waals surface area contributed by atoms with Crippen LogP contribution in [0.15, 0.2) is 12.3 Å². The van der Waals surface area contributed by atoms with Gasteiger partial charge in [0, 0.05) is 31.7 Å². The van der Waals surface area contributed by atoms with Gasteiger partial charge in [-0.3, -0.25) is 9.48 Å². The maximum Gasteiger partial charge on any atom is 0.224 e. The Morgan fingerprint density at radius 1 is 1.56 bits per heavy atom. The molecule has 0 bridgehead atoms. The minimum absolute atomic E-state index is 0.0441. The van der Waals surface area contributed by atoms with Crippen LogP contribution >= 0.6 is 0 Å². The van der Waals surface area contributed by atoms with Crippen molar-refractivity contribution in [2.45, 2.75) is 38.4 Å². The first-order valence-corrected chi connectivity index (χ1v) is 5.57. The van der Waals surface area contributed by atoms with Gasteiger partial charge in [-0.25, -0.2) is 0 Å². The van der Waals surface area contributed by atoms with Crippen molar-refractivity contribution in [3.63, 3.8) is 0 Å². The Hall–Kier alpha value is -1.36. The van der Waals surface area contributed by atoms with Gasteiger partial charge in [0.15, 0.2) is 0 Å². The molecule has 1 amide bonds. The van der Waals surface area contributed by atoms with Crippen molar-refractivity contribution in [2.24, 2.45) is 5.73 Å². The largest absolute Gasteiger partial charge is 0.336 e. The fourth-order valence-corrected chi connectivity index (χ4v) is 2.31. The maximum atomic E-state index is 11.6. The number of nitrogens with two attached hydrogens (primary N) is 1. The van der Waals surface area contributed by atoms with E-state index in [4.69, 9.17) is 5.73 Å². The van der Waals surface area contributed by atoms with Crippen LogP contribution < -0.4 is 5.73 Å². The van der Waals surface area contributed by atoms with Crippen molar-refractivity contribution in [3.8, 4) is 0 Å². The summed E-state index contributed by atoms with van der Waals surface area (Å²) in [6.07, 6.45) is 2.18. The van der Waals surface area contributed by atoms with Gasteiger partial charge in [-0.1, -0.05) is 0 Å². The van der Waals surface area contributed by atoms with Gasteiger partial charge in [-0.2, -0.15) is 5.10 Å². The lowest BCUT2D eigenvalue weighted by molar-refractivity contribution is -0.127. The number of carbonyl (C=O) groups is 1. The van der Waals surface area contributed by atoms with Gasteiger partial charge in [0.2, 0.25) is 5.91 Å². The topological polar surface area (TPSA) is 64.2 Å². The molecule has 0 radical (unpaired) electrons. The van der Waals surface area contributed by atoms with Crippen LogP contribution in [-0.4, -0.2) is 33.7 Å². The predicted molar refractivity (Wildman–Crippen MR) is 60.7 cm³/mol. The summed E-state index contributed by atoms with van der Waals surface area (Å²) in [7, 11) is 1.80. The fourth-order valence-electron chi connectivity index (χ4n) is 2.31. The third kappa shape index (κ3) is 1.61.